The summed E-state index contributed by atoms with van der Waals surface area (Å²) in [7, 11) is 1.11. The van der Waals surface area contributed by atoms with Crippen LogP contribution in [-0.4, -0.2) is 55.7 Å². The van der Waals surface area contributed by atoms with Crippen LogP contribution in [0.4, 0.5) is 4.79 Å². The summed E-state index contributed by atoms with van der Waals surface area (Å²) >= 11 is 7.62. The molecule has 2 rings (SSSR count). The molecule has 1 atom stereocenters. The Balaban J connectivity index is 1.95. The van der Waals surface area contributed by atoms with E-state index in [-0.39, 0.29) is 12.2 Å². The lowest BCUT2D eigenvalue weighted by Crippen LogP contribution is -2.30. The van der Waals surface area contributed by atoms with Gasteiger partial charge in [-0.1, -0.05) is 12.1 Å². The molecule has 7 heteroatoms. The van der Waals surface area contributed by atoms with Crippen molar-refractivity contribution in [1.29, 1.82) is 0 Å². The fourth-order valence-corrected chi connectivity index (χ4v) is 4.35. The van der Waals surface area contributed by atoms with Crippen molar-refractivity contribution in [3.63, 3.8) is 0 Å². The quantitative estimate of drug-likeness (QED) is 0.406. The van der Waals surface area contributed by atoms with E-state index in [4.69, 9.17) is 21.1 Å². The summed E-state index contributed by atoms with van der Waals surface area (Å²) in [6.45, 7) is 3.06. The monoisotopic (exact) mass is 457 g/mol. The lowest BCUT2D eigenvalue weighted by atomic mass is 10.1. The number of alkyl halides is 1. The van der Waals surface area contributed by atoms with Crippen LogP contribution in [0, 0.1) is 6.92 Å². The first-order valence-corrected chi connectivity index (χ1v) is 14.0. The summed E-state index contributed by atoms with van der Waals surface area (Å²) in [6, 6.07) is 10.1. The maximum atomic E-state index is 12.3. The van der Waals surface area contributed by atoms with Crippen molar-refractivity contribution in [3.8, 4) is 5.75 Å². The summed E-state index contributed by atoms with van der Waals surface area (Å²) in [5, 5.41) is 2.04. The van der Waals surface area contributed by atoms with Crippen LogP contribution in [0.3, 0.4) is 0 Å². The highest BCUT2D eigenvalue weighted by Gasteiger charge is 2.19. The third-order valence-electron chi connectivity index (χ3n) is 4.56. The first-order chi connectivity index (χ1) is 13.7. The van der Waals surface area contributed by atoms with Gasteiger partial charge in [0.1, 0.15) is 18.5 Å². The molecule has 0 aliphatic carbocycles. The van der Waals surface area contributed by atoms with Crippen LogP contribution < -0.4 is 4.74 Å². The Morgan fingerprint density at radius 1 is 1.28 bits per heavy atom. The second-order valence-corrected chi connectivity index (χ2v) is 13.8. The van der Waals surface area contributed by atoms with E-state index in [1.54, 1.807) is 23.3 Å². The number of aryl methyl sites for hydroxylation is 1. The van der Waals surface area contributed by atoms with Crippen molar-refractivity contribution in [1.82, 2.24) is 4.90 Å². The summed E-state index contributed by atoms with van der Waals surface area (Å²) < 4.78 is 11.7. The van der Waals surface area contributed by atoms with Gasteiger partial charge in [-0.3, -0.25) is 0 Å². The number of hydrogen-bond acceptors (Lipinski definition) is 4. The number of carbonyl (C=O) groups excluding carboxylic acids is 1. The largest absolute Gasteiger partial charge is 0.485 e. The fourth-order valence-electron chi connectivity index (χ4n) is 2.68. The van der Waals surface area contributed by atoms with Crippen molar-refractivity contribution in [3.05, 3.63) is 51.7 Å². The lowest BCUT2D eigenvalue weighted by Gasteiger charge is -2.26. The molecule has 0 aliphatic rings. The van der Waals surface area contributed by atoms with Crippen molar-refractivity contribution in [2.45, 2.75) is 25.3 Å². The Hall–Kier alpha value is -1.37. The van der Waals surface area contributed by atoms with Crippen molar-refractivity contribution >= 4 is 39.1 Å². The molecule has 0 spiro atoms. The summed E-state index contributed by atoms with van der Waals surface area (Å²) in [4.78, 5) is 15.0. The molecular weight excluding hydrogens is 426 g/mol. The molecule has 0 saturated heterocycles. The zero-order valence-corrected chi connectivity index (χ0v) is 20.3. The van der Waals surface area contributed by atoms with Crippen molar-refractivity contribution in [2.75, 3.05) is 44.7 Å². The highest BCUT2D eigenvalue weighted by atomic mass is 35.5. The van der Waals surface area contributed by atoms with Crippen molar-refractivity contribution in [2.24, 2.45) is 0 Å². The average Bonchev–Trinajstić information content (AvgIpc) is 3.18. The van der Waals surface area contributed by atoms with Crippen LogP contribution in [0.5, 0.6) is 5.75 Å². The minimum Gasteiger partial charge on any atom is -0.485 e. The van der Waals surface area contributed by atoms with E-state index >= 15 is 0 Å². The lowest BCUT2D eigenvalue weighted by molar-refractivity contribution is 0.109. The second-order valence-electron chi connectivity index (χ2n) is 7.96. The average molecular weight is 458 g/mol. The van der Waals surface area contributed by atoms with Crippen LogP contribution in [0.15, 0.2) is 35.7 Å². The van der Waals surface area contributed by atoms with Gasteiger partial charge >= 0.3 is 6.09 Å². The first-order valence-electron chi connectivity index (χ1n) is 9.59. The number of halogens is 1. The van der Waals surface area contributed by atoms with E-state index in [1.807, 2.05) is 36.6 Å². The smallest absolute Gasteiger partial charge is 0.409 e. The molecule has 0 bridgehead atoms. The predicted octanol–water partition coefficient (Wildman–Crippen LogP) is 6.07. The molecule has 162 valence electrons. The highest BCUT2D eigenvalue weighted by Crippen LogP contribution is 2.33. The molecule has 4 nitrogen and oxygen atoms in total. The van der Waals surface area contributed by atoms with Gasteiger partial charge in [0.15, 0.2) is 0 Å². The Morgan fingerprint density at radius 3 is 2.62 bits per heavy atom. The number of nitrogens with zero attached hydrogens (tertiary/aromatic N) is 1. The van der Waals surface area contributed by atoms with Crippen LogP contribution in [0.2, 0.25) is 0 Å². The zero-order chi connectivity index (χ0) is 21.4. The minimum atomic E-state index is -0.667. The summed E-state index contributed by atoms with van der Waals surface area (Å²) in [5.74, 6) is 2.23. The molecular formula is C22H32ClNO3S2. The number of ether oxygens (including phenoxy) is 2. The molecule has 0 unspecified atom stereocenters. The Labute approximate surface area is 185 Å². The standard InChI is InChI=1S/C22H32ClNO3S2/c1-17-15-19(9-8-18(17)16-23)27-20(21-7-6-13-28-21)10-11-24(2)22(25)26-12-14-29(3,4)5/h6-9,13,15,20H,10-12,14,16H2,1-5H3/t20-/m0/s1. The molecule has 0 radical (unpaired) electrons. The molecule has 1 heterocycles. The number of carbonyl (C=O) groups is 1. The molecule has 0 aliphatic heterocycles. The number of rotatable bonds is 10. The molecule has 1 amide bonds. The normalized spacial score (nSPS) is 13.0. The SMILES string of the molecule is Cc1cc(O[C@@H](CCN(C)C(=O)OCCS(C)(C)C)c2cccs2)ccc1CCl. The van der Waals surface area contributed by atoms with Crippen LogP contribution in [0.25, 0.3) is 0 Å². The zero-order valence-electron chi connectivity index (χ0n) is 17.9. The molecule has 0 fully saturated rings. The number of hydrogen-bond donors (Lipinski definition) is 0. The van der Waals surface area contributed by atoms with Gasteiger partial charge in [0, 0.05) is 36.5 Å². The molecule has 0 N–H and O–H groups in total. The van der Waals surface area contributed by atoms with Gasteiger partial charge in [0.25, 0.3) is 0 Å². The molecule has 29 heavy (non-hydrogen) atoms. The van der Waals surface area contributed by atoms with Gasteiger partial charge in [-0.25, -0.2) is 14.8 Å². The van der Waals surface area contributed by atoms with E-state index < -0.39 is 10.0 Å². The topological polar surface area (TPSA) is 38.8 Å². The molecule has 2 aromatic rings. The van der Waals surface area contributed by atoms with Gasteiger partial charge in [0.05, 0.1) is 0 Å². The molecule has 1 aromatic heterocycles. The van der Waals surface area contributed by atoms with Gasteiger partial charge in [-0.05, 0) is 60.4 Å². The van der Waals surface area contributed by atoms with E-state index in [0.717, 1.165) is 27.5 Å². The second kappa shape index (κ2) is 11.1. The molecule has 0 saturated carbocycles. The third kappa shape index (κ3) is 8.11. The highest BCUT2D eigenvalue weighted by molar-refractivity contribution is 8.32. The minimum absolute atomic E-state index is 0.120. The van der Waals surface area contributed by atoms with E-state index in [9.17, 15) is 4.79 Å². The van der Waals surface area contributed by atoms with Gasteiger partial charge in [-0.15, -0.1) is 22.9 Å². The first kappa shape index (κ1) is 23.9. The van der Waals surface area contributed by atoms with Gasteiger partial charge in [0.2, 0.25) is 0 Å². The summed E-state index contributed by atoms with van der Waals surface area (Å²) in [6.07, 6.45) is 6.94. The Morgan fingerprint density at radius 2 is 2.03 bits per heavy atom. The summed E-state index contributed by atoms with van der Waals surface area (Å²) in [5.41, 5.74) is 2.22. The van der Waals surface area contributed by atoms with Crippen LogP contribution >= 0.6 is 33.0 Å². The molecule has 1 aromatic carbocycles. The fraction of sp³-hybridized carbons (Fsp3) is 0.500. The maximum Gasteiger partial charge on any atom is 0.409 e. The Kier molecular flexibility index (Phi) is 9.18. The van der Waals surface area contributed by atoms with Gasteiger partial charge in [-0.2, -0.15) is 0 Å². The number of amides is 1. The van der Waals surface area contributed by atoms with Crippen LogP contribution in [-0.2, 0) is 10.6 Å². The van der Waals surface area contributed by atoms with E-state index in [0.29, 0.717) is 25.5 Å². The Bertz CT molecular complexity index is 775. The van der Waals surface area contributed by atoms with E-state index in [2.05, 4.69) is 24.8 Å². The third-order valence-corrected chi connectivity index (χ3v) is 7.20. The van der Waals surface area contributed by atoms with Crippen LogP contribution in [0.1, 0.15) is 28.5 Å². The van der Waals surface area contributed by atoms with Crippen molar-refractivity contribution < 1.29 is 14.3 Å². The maximum absolute atomic E-state index is 12.3. The van der Waals surface area contributed by atoms with E-state index in [1.165, 1.54) is 0 Å². The van der Waals surface area contributed by atoms with Gasteiger partial charge < -0.3 is 14.4 Å². The predicted molar refractivity (Wildman–Crippen MR) is 127 cm³/mol. The number of thiophene rings is 1. The number of benzene rings is 1.